The normalized spacial score (nSPS) is 20.4. The van der Waals surface area contributed by atoms with E-state index in [-0.39, 0.29) is 5.41 Å². The van der Waals surface area contributed by atoms with Gasteiger partial charge in [0.2, 0.25) is 0 Å². The van der Waals surface area contributed by atoms with Crippen molar-refractivity contribution < 1.29 is 4.74 Å². The molecule has 136 valence electrons. The molecule has 0 saturated carbocycles. The molecule has 2 aliphatic rings. The summed E-state index contributed by atoms with van der Waals surface area (Å²) in [7, 11) is 0. The average molecular weight is 334 g/mol. The van der Waals surface area contributed by atoms with Gasteiger partial charge in [0.1, 0.15) is 0 Å². The fraction of sp³-hybridized carbons (Fsp3) is 0.750. The van der Waals surface area contributed by atoms with Crippen LogP contribution in [0.5, 0.6) is 0 Å². The molecule has 1 aromatic heterocycles. The van der Waals surface area contributed by atoms with Gasteiger partial charge in [0.25, 0.3) is 0 Å². The Bertz CT molecular complexity index is 426. The lowest BCUT2D eigenvalue weighted by Crippen LogP contribution is -2.43. The molecule has 0 amide bonds. The molecule has 1 N–H and O–H groups in total. The molecular formula is C20H35N3O. The number of hydrogen-bond donors (Lipinski definition) is 1. The van der Waals surface area contributed by atoms with Gasteiger partial charge >= 0.3 is 0 Å². The van der Waals surface area contributed by atoms with E-state index >= 15 is 0 Å². The number of hydrogen-bond acceptors (Lipinski definition) is 4. The lowest BCUT2D eigenvalue weighted by Gasteiger charge is -2.37. The van der Waals surface area contributed by atoms with E-state index in [4.69, 9.17) is 4.74 Å². The maximum atomic E-state index is 6.10. The van der Waals surface area contributed by atoms with E-state index in [0.29, 0.717) is 0 Å². The smallest absolute Gasteiger partial charge is 0.0593 e. The van der Waals surface area contributed by atoms with Gasteiger partial charge in [0.15, 0.2) is 0 Å². The molecule has 2 saturated heterocycles. The number of likely N-dealkylation sites (tertiary alicyclic amines) is 1. The van der Waals surface area contributed by atoms with Gasteiger partial charge < -0.3 is 15.0 Å². The highest BCUT2D eigenvalue weighted by Crippen LogP contribution is 2.33. The molecule has 0 aromatic carbocycles. The van der Waals surface area contributed by atoms with E-state index in [9.17, 15) is 0 Å². The van der Waals surface area contributed by atoms with Crippen molar-refractivity contribution in [2.75, 3.05) is 45.9 Å². The van der Waals surface area contributed by atoms with Gasteiger partial charge in [-0.3, -0.25) is 4.98 Å². The predicted octanol–water partition coefficient (Wildman–Crippen LogP) is 3.23. The molecule has 0 aliphatic carbocycles. The highest BCUT2D eigenvalue weighted by atomic mass is 16.5. The Hall–Kier alpha value is -0.970. The van der Waals surface area contributed by atoms with E-state index in [1.165, 1.54) is 37.9 Å². The highest BCUT2D eigenvalue weighted by Gasteiger charge is 2.34. The second-order valence-corrected chi connectivity index (χ2v) is 7.08. The summed E-state index contributed by atoms with van der Waals surface area (Å²) >= 11 is 0. The number of rotatable bonds is 6. The first kappa shape index (κ1) is 19.4. The number of pyridine rings is 1. The molecule has 0 atom stereocenters. The van der Waals surface area contributed by atoms with Crippen LogP contribution >= 0.6 is 0 Å². The van der Waals surface area contributed by atoms with E-state index < -0.39 is 0 Å². The summed E-state index contributed by atoms with van der Waals surface area (Å²) in [5.74, 6) is 0. The standard InChI is InChI=1S/C17H27N3O.C3H8/c1-2-11-20(10-1)12-13-21-15-17(5-8-18-9-6-17)16-4-3-7-19-14-16;1-3-2/h3-4,7,14,18H,1-2,5-6,8-13,15H2;3H2,1-2H3. The summed E-state index contributed by atoms with van der Waals surface area (Å²) in [4.78, 5) is 6.83. The molecule has 1 aromatic rings. The highest BCUT2D eigenvalue weighted by molar-refractivity contribution is 5.23. The molecule has 2 aliphatic heterocycles. The Balaban J connectivity index is 0.000000647. The maximum Gasteiger partial charge on any atom is 0.0593 e. The molecule has 0 radical (unpaired) electrons. The van der Waals surface area contributed by atoms with Crippen molar-refractivity contribution in [3.8, 4) is 0 Å². The number of nitrogens with one attached hydrogen (secondary N) is 1. The Labute approximate surface area is 148 Å². The molecular weight excluding hydrogens is 298 g/mol. The topological polar surface area (TPSA) is 37.4 Å². The van der Waals surface area contributed by atoms with E-state index in [1.807, 2.05) is 18.5 Å². The monoisotopic (exact) mass is 333 g/mol. The van der Waals surface area contributed by atoms with Crippen molar-refractivity contribution in [1.29, 1.82) is 0 Å². The van der Waals surface area contributed by atoms with Gasteiger partial charge in [-0.1, -0.05) is 26.3 Å². The molecule has 4 nitrogen and oxygen atoms in total. The summed E-state index contributed by atoms with van der Waals surface area (Å²) in [5.41, 5.74) is 1.50. The van der Waals surface area contributed by atoms with Crippen molar-refractivity contribution in [1.82, 2.24) is 15.2 Å². The lowest BCUT2D eigenvalue weighted by molar-refractivity contribution is 0.0553. The van der Waals surface area contributed by atoms with Crippen LogP contribution in [0.25, 0.3) is 0 Å². The Kier molecular flexibility index (Phi) is 8.71. The summed E-state index contributed by atoms with van der Waals surface area (Å²) in [6, 6.07) is 4.26. The minimum absolute atomic E-state index is 0.157. The summed E-state index contributed by atoms with van der Waals surface area (Å²) < 4.78 is 6.10. The minimum Gasteiger partial charge on any atom is -0.379 e. The summed E-state index contributed by atoms with van der Waals surface area (Å²) in [6.07, 6.45) is 10.1. The second-order valence-electron chi connectivity index (χ2n) is 7.08. The molecule has 24 heavy (non-hydrogen) atoms. The number of aromatic nitrogens is 1. The van der Waals surface area contributed by atoms with Crippen molar-refractivity contribution in [2.45, 2.75) is 51.4 Å². The van der Waals surface area contributed by atoms with E-state index in [2.05, 4.69) is 35.1 Å². The van der Waals surface area contributed by atoms with Crippen LogP contribution < -0.4 is 5.32 Å². The van der Waals surface area contributed by atoms with E-state index in [0.717, 1.165) is 45.7 Å². The quantitative estimate of drug-likeness (QED) is 0.811. The van der Waals surface area contributed by atoms with Gasteiger partial charge in [-0.15, -0.1) is 0 Å². The summed E-state index contributed by atoms with van der Waals surface area (Å²) in [5, 5.41) is 3.46. The van der Waals surface area contributed by atoms with E-state index in [1.54, 1.807) is 0 Å². The van der Waals surface area contributed by atoms with Gasteiger partial charge in [-0.2, -0.15) is 0 Å². The fourth-order valence-corrected chi connectivity index (χ4v) is 3.57. The minimum atomic E-state index is 0.157. The number of ether oxygens (including phenoxy) is 1. The Morgan fingerprint density at radius 1 is 1.21 bits per heavy atom. The molecule has 0 bridgehead atoms. The molecule has 0 spiro atoms. The zero-order valence-corrected chi connectivity index (χ0v) is 15.6. The van der Waals surface area contributed by atoms with Crippen molar-refractivity contribution >= 4 is 0 Å². The van der Waals surface area contributed by atoms with Crippen LogP contribution in [0.4, 0.5) is 0 Å². The Morgan fingerprint density at radius 2 is 1.92 bits per heavy atom. The zero-order valence-electron chi connectivity index (χ0n) is 15.6. The third-order valence-electron chi connectivity index (χ3n) is 4.96. The largest absolute Gasteiger partial charge is 0.379 e. The fourth-order valence-electron chi connectivity index (χ4n) is 3.57. The number of nitrogens with zero attached hydrogens (tertiary/aromatic N) is 2. The first-order valence-electron chi connectivity index (χ1n) is 9.72. The van der Waals surface area contributed by atoms with Gasteiger partial charge in [0.05, 0.1) is 13.2 Å². The van der Waals surface area contributed by atoms with Gasteiger partial charge in [0, 0.05) is 24.4 Å². The molecule has 0 unspecified atom stereocenters. The molecule has 2 fully saturated rings. The second kappa shape index (κ2) is 10.8. The molecule has 3 heterocycles. The Morgan fingerprint density at radius 3 is 2.54 bits per heavy atom. The SMILES string of the molecule is CCC.c1cncc(C2(COCCN3CCCC3)CCNCC2)c1. The van der Waals surface area contributed by atoms with Crippen molar-refractivity contribution in [3.63, 3.8) is 0 Å². The lowest BCUT2D eigenvalue weighted by atomic mass is 9.74. The first-order valence-corrected chi connectivity index (χ1v) is 9.72. The van der Waals surface area contributed by atoms with Crippen LogP contribution in [0.3, 0.4) is 0 Å². The van der Waals surface area contributed by atoms with Crippen LogP contribution in [0.2, 0.25) is 0 Å². The predicted molar refractivity (Wildman–Crippen MR) is 100 cm³/mol. The van der Waals surface area contributed by atoms with Crippen LogP contribution in [-0.2, 0) is 10.2 Å². The summed E-state index contributed by atoms with van der Waals surface area (Å²) in [6.45, 7) is 11.7. The molecule has 4 heteroatoms. The van der Waals surface area contributed by atoms with Gasteiger partial charge in [-0.25, -0.2) is 0 Å². The third kappa shape index (κ3) is 5.83. The van der Waals surface area contributed by atoms with Crippen molar-refractivity contribution in [3.05, 3.63) is 30.1 Å². The zero-order chi connectivity index (χ0) is 17.1. The van der Waals surface area contributed by atoms with Crippen LogP contribution in [0, 0.1) is 0 Å². The number of piperidine rings is 1. The average Bonchev–Trinajstić information content (AvgIpc) is 3.15. The molecule has 3 rings (SSSR count). The van der Waals surface area contributed by atoms with Gasteiger partial charge in [-0.05, 0) is 63.5 Å². The van der Waals surface area contributed by atoms with Crippen LogP contribution in [-0.4, -0.2) is 55.8 Å². The van der Waals surface area contributed by atoms with Crippen molar-refractivity contribution in [2.24, 2.45) is 0 Å². The first-order chi connectivity index (χ1) is 11.8. The third-order valence-corrected chi connectivity index (χ3v) is 4.96. The van der Waals surface area contributed by atoms with Crippen LogP contribution in [0.1, 0.15) is 51.5 Å². The van der Waals surface area contributed by atoms with Crippen LogP contribution in [0.15, 0.2) is 24.5 Å². The maximum absolute atomic E-state index is 6.10.